The van der Waals surface area contributed by atoms with Crippen molar-refractivity contribution in [2.24, 2.45) is 0 Å². The minimum atomic E-state index is -4.21. The van der Waals surface area contributed by atoms with E-state index in [2.05, 4.69) is 5.32 Å². The molecule has 4 aromatic carbocycles. The average molecular weight is 616 g/mol. The molecule has 4 rings (SSSR count). The molecule has 0 aliphatic carbocycles. The summed E-state index contributed by atoms with van der Waals surface area (Å²) < 4.78 is 44.2. The van der Waals surface area contributed by atoms with Crippen molar-refractivity contribution in [1.29, 1.82) is 0 Å². The summed E-state index contributed by atoms with van der Waals surface area (Å²) in [6.07, 6.45) is 0.840. The maximum atomic E-state index is 15.0. The van der Waals surface area contributed by atoms with Crippen LogP contribution in [0.5, 0.6) is 0 Å². The number of rotatable bonds is 13. The molecule has 44 heavy (non-hydrogen) atoms. The molecule has 0 spiro atoms. The molecule has 4 aromatic rings. The molecule has 7 nitrogen and oxygen atoms in total. The first-order valence-corrected chi connectivity index (χ1v) is 16.0. The second kappa shape index (κ2) is 14.8. The topological polar surface area (TPSA) is 86.8 Å². The van der Waals surface area contributed by atoms with Crippen LogP contribution < -0.4 is 9.62 Å². The predicted molar refractivity (Wildman–Crippen MR) is 171 cm³/mol. The van der Waals surface area contributed by atoms with Crippen LogP contribution >= 0.6 is 0 Å². The van der Waals surface area contributed by atoms with Gasteiger partial charge in [-0.1, -0.05) is 79.7 Å². The van der Waals surface area contributed by atoms with Gasteiger partial charge in [0, 0.05) is 25.1 Å². The first kappa shape index (κ1) is 32.4. The molecule has 1 atom stereocenters. The van der Waals surface area contributed by atoms with E-state index in [-0.39, 0.29) is 23.4 Å². The summed E-state index contributed by atoms with van der Waals surface area (Å²) in [4.78, 5) is 29.4. The number of amides is 2. The van der Waals surface area contributed by atoms with E-state index >= 15 is 0 Å². The number of sulfonamides is 1. The number of hydrogen-bond donors (Lipinski definition) is 1. The van der Waals surface area contributed by atoms with Gasteiger partial charge in [-0.05, 0) is 67.3 Å². The van der Waals surface area contributed by atoms with Crippen LogP contribution in [-0.2, 0) is 32.6 Å². The van der Waals surface area contributed by atoms with Gasteiger partial charge in [-0.25, -0.2) is 12.8 Å². The number of nitrogens with one attached hydrogen (secondary N) is 1. The van der Waals surface area contributed by atoms with Crippen molar-refractivity contribution in [3.05, 3.63) is 131 Å². The molecule has 1 N–H and O–H groups in total. The zero-order valence-electron chi connectivity index (χ0n) is 25.2. The van der Waals surface area contributed by atoms with Crippen molar-refractivity contribution in [3.63, 3.8) is 0 Å². The highest BCUT2D eigenvalue weighted by molar-refractivity contribution is 7.92. The molecule has 0 aliphatic rings. The zero-order valence-corrected chi connectivity index (χ0v) is 26.1. The summed E-state index contributed by atoms with van der Waals surface area (Å²) in [5, 5.41) is 2.89. The van der Waals surface area contributed by atoms with Gasteiger partial charge in [0.25, 0.3) is 10.0 Å². The Morgan fingerprint density at radius 1 is 0.841 bits per heavy atom. The van der Waals surface area contributed by atoms with Crippen LogP contribution in [0.3, 0.4) is 0 Å². The first-order valence-electron chi connectivity index (χ1n) is 14.6. The summed E-state index contributed by atoms with van der Waals surface area (Å²) in [6.45, 7) is 5.19. The van der Waals surface area contributed by atoms with Crippen molar-refractivity contribution < 1.29 is 22.4 Å². The summed E-state index contributed by atoms with van der Waals surface area (Å²) in [6, 6.07) is 27.5. The lowest BCUT2D eigenvalue weighted by molar-refractivity contribution is -0.140. The maximum Gasteiger partial charge on any atom is 0.264 e. The van der Waals surface area contributed by atoms with Crippen LogP contribution in [0.2, 0.25) is 0 Å². The van der Waals surface area contributed by atoms with Gasteiger partial charge in [0.1, 0.15) is 18.4 Å². The zero-order chi connectivity index (χ0) is 31.7. The molecule has 9 heteroatoms. The number of carbonyl (C=O) groups excluding carboxylic acids is 2. The van der Waals surface area contributed by atoms with Crippen LogP contribution in [0, 0.1) is 19.7 Å². The van der Waals surface area contributed by atoms with Gasteiger partial charge in [-0.15, -0.1) is 0 Å². The lowest BCUT2D eigenvalue weighted by atomic mass is 10.0. The Morgan fingerprint density at radius 2 is 1.43 bits per heavy atom. The molecule has 0 radical (unpaired) electrons. The molecule has 0 heterocycles. The van der Waals surface area contributed by atoms with Crippen LogP contribution in [0.1, 0.15) is 35.6 Å². The lowest BCUT2D eigenvalue weighted by Gasteiger charge is -2.34. The van der Waals surface area contributed by atoms with Crippen molar-refractivity contribution >= 4 is 27.5 Å². The third-order valence-corrected chi connectivity index (χ3v) is 9.01. The van der Waals surface area contributed by atoms with Crippen LogP contribution in [0.4, 0.5) is 10.1 Å². The maximum absolute atomic E-state index is 15.0. The highest BCUT2D eigenvalue weighted by atomic mass is 32.2. The van der Waals surface area contributed by atoms with E-state index in [0.717, 1.165) is 21.0 Å². The van der Waals surface area contributed by atoms with Gasteiger partial charge < -0.3 is 10.2 Å². The van der Waals surface area contributed by atoms with Crippen molar-refractivity contribution in [3.8, 4) is 0 Å². The fourth-order valence-corrected chi connectivity index (χ4v) is 6.49. The summed E-state index contributed by atoms with van der Waals surface area (Å²) in [5.41, 5.74) is 2.99. The Hall–Kier alpha value is -4.50. The molecule has 0 fully saturated rings. The van der Waals surface area contributed by atoms with E-state index in [1.165, 1.54) is 23.1 Å². The van der Waals surface area contributed by atoms with Crippen LogP contribution in [0.15, 0.2) is 108 Å². The van der Waals surface area contributed by atoms with Crippen LogP contribution in [-0.4, -0.2) is 44.3 Å². The van der Waals surface area contributed by atoms with E-state index in [4.69, 9.17) is 0 Å². The number of anilines is 1. The Balaban J connectivity index is 1.82. The molecular weight excluding hydrogens is 577 g/mol. The number of halogens is 1. The lowest BCUT2D eigenvalue weighted by Crippen LogP contribution is -2.53. The quantitative estimate of drug-likeness (QED) is 0.206. The van der Waals surface area contributed by atoms with Gasteiger partial charge in [-0.2, -0.15) is 0 Å². The third-order valence-electron chi connectivity index (χ3n) is 7.22. The van der Waals surface area contributed by atoms with Gasteiger partial charge in [-0.3, -0.25) is 13.9 Å². The molecule has 230 valence electrons. The van der Waals surface area contributed by atoms with Crippen LogP contribution in [0.25, 0.3) is 0 Å². The van der Waals surface area contributed by atoms with Gasteiger partial charge in [0.2, 0.25) is 11.8 Å². The van der Waals surface area contributed by atoms with Gasteiger partial charge >= 0.3 is 0 Å². The molecule has 1 unspecified atom stereocenters. The number of aryl methyl sites for hydroxylation is 2. The molecule has 2 amide bonds. The largest absolute Gasteiger partial charge is 0.354 e. The molecule has 0 aliphatic heterocycles. The van der Waals surface area contributed by atoms with E-state index in [1.807, 2.05) is 57.2 Å². The highest BCUT2D eigenvalue weighted by Gasteiger charge is 2.35. The SMILES string of the molecule is CCCNC(=O)C(Cc1ccccc1)N(Cc1ccccc1F)C(=O)CN(c1cc(C)cc(C)c1)S(=O)(=O)c1ccccc1. The summed E-state index contributed by atoms with van der Waals surface area (Å²) in [5.74, 6) is -1.57. The number of benzene rings is 4. The molecular formula is C35H38FN3O4S. The number of nitrogens with zero attached hydrogens (tertiary/aromatic N) is 2. The number of carbonyl (C=O) groups is 2. The standard InChI is InChI=1S/C35H38FN3O4S/c1-4-19-37-35(41)33(23-28-13-7-5-8-14-28)38(24-29-15-11-12-18-32(29)36)34(40)25-39(30-21-26(2)20-27(3)22-30)44(42,43)31-16-9-6-10-17-31/h5-18,20-22,33H,4,19,23-25H2,1-3H3,(H,37,41). The predicted octanol–water partition coefficient (Wildman–Crippen LogP) is 5.80. The second-order valence-electron chi connectivity index (χ2n) is 10.8. The Kier molecular flexibility index (Phi) is 10.9. The third kappa shape index (κ3) is 8.11. The Bertz CT molecular complexity index is 1660. The summed E-state index contributed by atoms with van der Waals surface area (Å²) in [7, 11) is -4.21. The minimum absolute atomic E-state index is 0.0223. The Labute approximate surface area is 259 Å². The summed E-state index contributed by atoms with van der Waals surface area (Å²) >= 11 is 0. The molecule has 0 saturated carbocycles. The highest BCUT2D eigenvalue weighted by Crippen LogP contribution is 2.27. The monoisotopic (exact) mass is 615 g/mol. The Morgan fingerprint density at radius 3 is 2.05 bits per heavy atom. The fraction of sp³-hybridized carbons (Fsp3) is 0.257. The average Bonchev–Trinajstić information content (AvgIpc) is 3.01. The first-order chi connectivity index (χ1) is 21.1. The molecule has 0 bridgehead atoms. The van der Waals surface area contributed by atoms with E-state index in [0.29, 0.717) is 18.7 Å². The van der Waals surface area contributed by atoms with Crippen molar-refractivity contribution in [2.75, 3.05) is 17.4 Å². The normalized spacial score (nSPS) is 11.9. The van der Waals surface area contributed by atoms with Gasteiger partial charge in [0.05, 0.1) is 10.6 Å². The second-order valence-corrected chi connectivity index (χ2v) is 12.6. The molecule has 0 saturated heterocycles. The molecule has 0 aromatic heterocycles. The van der Waals surface area contributed by atoms with Gasteiger partial charge in [0.15, 0.2) is 0 Å². The van der Waals surface area contributed by atoms with E-state index in [9.17, 15) is 22.4 Å². The van der Waals surface area contributed by atoms with Crippen molar-refractivity contribution in [2.45, 2.75) is 51.1 Å². The smallest absolute Gasteiger partial charge is 0.264 e. The van der Waals surface area contributed by atoms with E-state index in [1.54, 1.807) is 48.5 Å². The minimum Gasteiger partial charge on any atom is -0.354 e. The fourth-order valence-electron chi connectivity index (χ4n) is 5.07. The van der Waals surface area contributed by atoms with E-state index < -0.39 is 40.2 Å². The van der Waals surface area contributed by atoms with Crippen molar-refractivity contribution in [1.82, 2.24) is 10.2 Å². The number of hydrogen-bond acceptors (Lipinski definition) is 4.